The fourth-order valence-corrected chi connectivity index (χ4v) is 2.66. The summed E-state index contributed by atoms with van der Waals surface area (Å²) < 4.78 is 24.4. The largest absolute Gasteiger partial charge is 0.384 e. The number of halogens is 2. The second-order valence-corrected chi connectivity index (χ2v) is 6.19. The standard InChI is InChI=1S/C14H13F2N3O2S2/c15-14(16)23-10-5-3-9(4-6-10)18-12(20)8-21-19-13(17)11-2-1-7-22-11/h1-7,14H,8H2,(H2,17,19)(H,18,20). The minimum absolute atomic E-state index is 0.196. The van der Waals surface area contributed by atoms with E-state index in [0.717, 1.165) is 4.88 Å². The molecule has 1 amide bonds. The van der Waals surface area contributed by atoms with Crippen LogP contribution in [0.3, 0.4) is 0 Å². The van der Waals surface area contributed by atoms with E-state index in [1.807, 2.05) is 11.4 Å². The van der Waals surface area contributed by atoms with Crippen LogP contribution in [0.4, 0.5) is 14.5 Å². The maximum absolute atomic E-state index is 12.2. The Kier molecular flexibility index (Phi) is 6.36. The van der Waals surface area contributed by atoms with Crippen LogP contribution in [0.2, 0.25) is 0 Å². The Labute approximate surface area is 139 Å². The van der Waals surface area contributed by atoms with Crippen LogP contribution >= 0.6 is 23.1 Å². The van der Waals surface area contributed by atoms with Crippen molar-refractivity contribution in [3.63, 3.8) is 0 Å². The van der Waals surface area contributed by atoms with Crippen molar-refractivity contribution in [2.45, 2.75) is 10.7 Å². The van der Waals surface area contributed by atoms with E-state index in [4.69, 9.17) is 10.6 Å². The van der Waals surface area contributed by atoms with Crippen molar-refractivity contribution in [1.82, 2.24) is 0 Å². The van der Waals surface area contributed by atoms with Gasteiger partial charge in [0.1, 0.15) is 0 Å². The van der Waals surface area contributed by atoms with Crippen molar-refractivity contribution in [3.8, 4) is 0 Å². The molecule has 0 atom stereocenters. The van der Waals surface area contributed by atoms with Crippen LogP contribution in [0.15, 0.2) is 51.8 Å². The van der Waals surface area contributed by atoms with Crippen molar-refractivity contribution in [1.29, 1.82) is 0 Å². The second-order valence-electron chi connectivity index (χ2n) is 4.18. The Balaban J connectivity index is 1.79. The zero-order valence-electron chi connectivity index (χ0n) is 11.7. The minimum atomic E-state index is -2.48. The lowest BCUT2D eigenvalue weighted by molar-refractivity contribution is -0.120. The van der Waals surface area contributed by atoms with Crippen LogP contribution in [-0.4, -0.2) is 24.1 Å². The van der Waals surface area contributed by atoms with E-state index >= 15 is 0 Å². The third-order valence-corrected chi connectivity index (χ3v) is 4.11. The van der Waals surface area contributed by atoms with Gasteiger partial charge < -0.3 is 15.9 Å². The van der Waals surface area contributed by atoms with Gasteiger partial charge in [0, 0.05) is 10.6 Å². The number of nitrogens with zero attached hydrogens (tertiary/aromatic N) is 1. The molecule has 0 fully saturated rings. The lowest BCUT2D eigenvalue weighted by Crippen LogP contribution is -2.19. The predicted octanol–water partition coefficient (Wildman–Crippen LogP) is 3.34. The summed E-state index contributed by atoms with van der Waals surface area (Å²) >= 11 is 1.85. The van der Waals surface area contributed by atoms with E-state index in [9.17, 15) is 13.6 Å². The highest BCUT2D eigenvalue weighted by Crippen LogP contribution is 2.26. The number of alkyl halides is 2. The lowest BCUT2D eigenvalue weighted by atomic mass is 10.3. The molecular weight excluding hydrogens is 344 g/mol. The summed E-state index contributed by atoms with van der Waals surface area (Å²) in [6.45, 7) is -0.306. The smallest absolute Gasteiger partial charge is 0.288 e. The average Bonchev–Trinajstić information content (AvgIpc) is 3.03. The highest BCUT2D eigenvalue weighted by atomic mass is 32.2. The fourth-order valence-electron chi connectivity index (χ4n) is 1.55. The molecule has 0 saturated heterocycles. The van der Waals surface area contributed by atoms with Gasteiger partial charge in [0.25, 0.3) is 11.7 Å². The third-order valence-electron chi connectivity index (χ3n) is 2.50. The Hall–Kier alpha value is -2.13. The van der Waals surface area contributed by atoms with Gasteiger partial charge in [-0.3, -0.25) is 4.79 Å². The Morgan fingerprint density at radius 3 is 2.70 bits per heavy atom. The van der Waals surface area contributed by atoms with Crippen LogP contribution in [0.25, 0.3) is 0 Å². The van der Waals surface area contributed by atoms with Gasteiger partial charge in [0.2, 0.25) is 0 Å². The van der Waals surface area contributed by atoms with Crippen LogP contribution in [0.5, 0.6) is 0 Å². The number of carbonyl (C=O) groups is 1. The molecule has 0 radical (unpaired) electrons. The molecule has 0 aliphatic carbocycles. The summed E-state index contributed by atoms with van der Waals surface area (Å²) in [6, 6.07) is 9.68. The molecule has 2 rings (SSSR count). The second kappa shape index (κ2) is 8.49. The van der Waals surface area contributed by atoms with Gasteiger partial charge in [-0.1, -0.05) is 23.0 Å². The van der Waals surface area contributed by atoms with Crippen molar-refractivity contribution in [2.75, 3.05) is 11.9 Å². The first-order valence-corrected chi connectivity index (χ1v) is 8.14. The maximum Gasteiger partial charge on any atom is 0.288 e. The number of oxime groups is 1. The molecule has 9 heteroatoms. The van der Waals surface area contributed by atoms with E-state index in [1.165, 1.54) is 35.6 Å². The minimum Gasteiger partial charge on any atom is -0.384 e. The van der Waals surface area contributed by atoms with E-state index in [2.05, 4.69) is 10.5 Å². The molecular formula is C14H13F2N3O2S2. The van der Waals surface area contributed by atoms with Crippen LogP contribution in [0, 0.1) is 0 Å². The van der Waals surface area contributed by atoms with Gasteiger partial charge in [-0.25, -0.2) is 0 Å². The molecule has 122 valence electrons. The molecule has 1 aromatic heterocycles. The van der Waals surface area contributed by atoms with Crippen molar-refractivity contribution in [3.05, 3.63) is 46.7 Å². The molecule has 23 heavy (non-hydrogen) atoms. The van der Waals surface area contributed by atoms with Gasteiger partial charge in [-0.2, -0.15) is 8.78 Å². The number of amidine groups is 1. The number of nitrogens with two attached hydrogens (primary N) is 1. The van der Waals surface area contributed by atoms with Crippen LogP contribution in [0.1, 0.15) is 4.88 Å². The zero-order chi connectivity index (χ0) is 16.7. The molecule has 0 bridgehead atoms. The number of carbonyl (C=O) groups excluding carboxylic acids is 1. The number of hydrogen-bond acceptors (Lipinski definition) is 5. The summed E-state index contributed by atoms with van der Waals surface area (Å²) in [7, 11) is 0. The topological polar surface area (TPSA) is 76.7 Å². The van der Waals surface area contributed by atoms with Crippen molar-refractivity contribution >= 4 is 40.5 Å². The molecule has 0 saturated carbocycles. The van der Waals surface area contributed by atoms with Gasteiger partial charge in [-0.05, 0) is 35.7 Å². The summed E-state index contributed by atoms with van der Waals surface area (Å²) in [6.07, 6.45) is 0. The number of rotatable bonds is 7. The van der Waals surface area contributed by atoms with E-state index in [-0.39, 0.29) is 12.4 Å². The van der Waals surface area contributed by atoms with Crippen LogP contribution in [-0.2, 0) is 9.63 Å². The number of hydrogen-bond donors (Lipinski definition) is 2. The molecule has 5 nitrogen and oxygen atoms in total. The first kappa shape index (κ1) is 17.2. The molecule has 2 aromatic rings. The third kappa shape index (κ3) is 5.87. The van der Waals surface area contributed by atoms with Crippen LogP contribution < -0.4 is 11.1 Å². The molecule has 0 unspecified atom stereocenters. The maximum atomic E-state index is 12.2. The van der Waals surface area contributed by atoms with Gasteiger partial charge in [0.15, 0.2) is 12.4 Å². The van der Waals surface area contributed by atoms with Gasteiger partial charge in [0.05, 0.1) is 4.88 Å². The summed E-state index contributed by atoms with van der Waals surface area (Å²) in [4.78, 5) is 17.7. The Morgan fingerprint density at radius 1 is 1.35 bits per heavy atom. The number of anilines is 1. The summed E-state index contributed by atoms with van der Waals surface area (Å²) in [5.41, 5.74) is 6.15. The van der Waals surface area contributed by atoms with E-state index in [1.54, 1.807) is 6.07 Å². The normalized spacial score (nSPS) is 11.5. The highest BCUT2D eigenvalue weighted by Gasteiger charge is 2.07. The number of thioether (sulfide) groups is 1. The number of benzene rings is 1. The summed E-state index contributed by atoms with van der Waals surface area (Å²) in [5, 5.41) is 8.06. The number of amides is 1. The average molecular weight is 357 g/mol. The van der Waals surface area contributed by atoms with E-state index < -0.39 is 11.7 Å². The number of nitrogens with one attached hydrogen (secondary N) is 1. The molecule has 0 aliphatic rings. The molecule has 0 spiro atoms. The van der Waals surface area contributed by atoms with Crippen molar-refractivity contribution in [2.24, 2.45) is 10.9 Å². The van der Waals surface area contributed by atoms with E-state index in [0.29, 0.717) is 22.3 Å². The first-order chi connectivity index (χ1) is 11.0. The molecule has 0 aliphatic heterocycles. The molecule has 3 N–H and O–H groups in total. The lowest BCUT2D eigenvalue weighted by Gasteiger charge is -2.06. The van der Waals surface area contributed by atoms with Crippen molar-refractivity contribution < 1.29 is 18.4 Å². The highest BCUT2D eigenvalue weighted by molar-refractivity contribution is 7.99. The Bertz CT molecular complexity index is 661. The molecule has 1 aromatic carbocycles. The van der Waals surface area contributed by atoms with Gasteiger partial charge in [-0.15, -0.1) is 11.3 Å². The molecule has 1 heterocycles. The first-order valence-electron chi connectivity index (χ1n) is 6.38. The number of thiophene rings is 1. The SMILES string of the molecule is N/C(=N/OCC(=O)Nc1ccc(SC(F)F)cc1)c1cccs1. The predicted molar refractivity (Wildman–Crippen MR) is 87.9 cm³/mol. The zero-order valence-corrected chi connectivity index (χ0v) is 13.4. The quantitative estimate of drug-likeness (QED) is 0.345. The fraction of sp³-hybridized carbons (Fsp3) is 0.143. The summed E-state index contributed by atoms with van der Waals surface area (Å²) in [5.74, 6) is -2.71. The van der Waals surface area contributed by atoms with Gasteiger partial charge >= 0.3 is 0 Å². The monoisotopic (exact) mass is 357 g/mol. The Morgan fingerprint density at radius 2 is 2.09 bits per heavy atom.